The fourth-order valence-electron chi connectivity index (χ4n) is 2.75. The summed E-state index contributed by atoms with van der Waals surface area (Å²) < 4.78 is 0.794. The Bertz CT molecular complexity index is 1060. The van der Waals surface area contributed by atoms with Crippen LogP contribution in [-0.2, 0) is 4.79 Å². The molecule has 2 atom stereocenters. The molecule has 9 heteroatoms. The molecular weight excluding hydrogens is 488 g/mol. The molecule has 0 saturated carbocycles. The smallest absolute Gasteiger partial charge is 0.251 e. The van der Waals surface area contributed by atoms with Crippen molar-refractivity contribution in [2.75, 3.05) is 5.32 Å². The lowest BCUT2D eigenvalue weighted by atomic mass is 9.98. The van der Waals surface area contributed by atoms with Crippen molar-refractivity contribution in [3.8, 4) is 10.6 Å². The maximum absolute atomic E-state index is 12.9. The number of anilines is 1. The third-order valence-electron chi connectivity index (χ3n) is 4.60. The van der Waals surface area contributed by atoms with Gasteiger partial charge in [-0.1, -0.05) is 77.3 Å². The zero-order valence-electron chi connectivity index (χ0n) is 16.4. The van der Waals surface area contributed by atoms with Gasteiger partial charge in [-0.05, 0) is 36.2 Å². The minimum absolute atomic E-state index is 0.0681. The van der Waals surface area contributed by atoms with Gasteiger partial charge in [0.05, 0.1) is 0 Å². The number of nitrogens with one attached hydrogen (secondary N) is 2. The topological polar surface area (TPSA) is 84.0 Å². The summed E-state index contributed by atoms with van der Waals surface area (Å²) >= 11 is 10.6. The van der Waals surface area contributed by atoms with Crippen LogP contribution in [0.1, 0.15) is 30.6 Å². The van der Waals surface area contributed by atoms with Crippen LogP contribution in [0.2, 0.25) is 5.02 Å². The fraction of sp³-hybridized carbons (Fsp3) is 0.238. The number of halogens is 2. The van der Waals surface area contributed by atoms with Gasteiger partial charge in [-0.25, -0.2) is 0 Å². The lowest BCUT2D eigenvalue weighted by Crippen LogP contribution is -2.47. The monoisotopic (exact) mass is 506 g/mol. The molecule has 156 valence electrons. The SMILES string of the molecule is CCC(C)C(NC(=O)c1cccc(Br)c1)C(=O)Nc1nnc(-c2cccc(Cl)c2)s1. The number of hydrogen-bond acceptors (Lipinski definition) is 5. The predicted octanol–water partition coefficient (Wildman–Crippen LogP) is 5.40. The van der Waals surface area contributed by atoms with Crippen LogP contribution in [0.3, 0.4) is 0 Å². The highest BCUT2D eigenvalue weighted by Gasteiger charge is 2.27. The van der Waals surface area contributed by atoms with E-state index in [1.807, 2.05) is 32.0 Å². The summed E-state index contributed by atoms with van der Waals surface area (Å²) in [4.78, 5) is 25.6. The lowest BCUT2D eigenvalue weighted by Gasteiger charge is -2.23. The maximum Gasteiger partial charge on any atom is 0.251 e. The number of amides is 2. The first-order valence-electron chi connectivity index (χ1n) is 9.34. The van der Waals surface area contributed by atoms with E-state index in [4.69, 9.17) is 11.6 Å². The molecule has 0 bridgehead atoms. The van der Waals surface area contributed by atoms with E-state index in [2.05, 4.69) is 36.8 Å². The third kappa shape index (κ3) is 5.65. The summed E-state index contributed by atoms with van der Waals surface area (Å²) in [6.07, 6.45) is 0.723. The number of carbonyl (C=O) groups is 2. The molecule has 0 radical (unpaired) electrons. The summed E-state index contributed by atoms with van der Waals surface area (Å²) in [5.41, 5.74) is 1.30. The van der Waals surface area contributed by atoms with Crippen molar-refractivity contribution in [2.45, 2.75) is 26.3 Å². The number of carbonyl (C=O) groups excluding carboxylic acids is 2. The van der Waals surface area contributed by atoms with Crippen LogP contribution in [0.25, 0.3) is 10.6 Å². The molecule has 2 N–H and O–H groups in total. The molecule has 2 aromatic carbocycles. The van der Waals surface area contributed by atoms with Crippen molar-refractivity contribution in [3.63, 3.8) is 0 Å². The Morgan fingerprint density at radius 2 is 1.93 bits per heavy atom. The van der Waals surface area contributed by atoms with Crippen molar-refractivity contribution >= 4 is 55.8 Å². The second kappa shape index (κ2) is 10.1. The second-order valence-electron chi connectivity index (χ2n) is 6.76. The van der Waals surface area contributed by atoms with E-state index in [1.54, 1.807) is 30.3 Å². The molecule has 30 heavy (non-hydrogen) atoms. The van der Waals surface area contributed by atoms with Crippen molar-refractivity contribution in [2.24, 2.45) is 5.92 Å². The van der Waals surface area contributed by atoms with Gasteiger partial charge in [-0.2, -0.15) is 0 Å². The van der Waals surface area contributed by atoms with Crippen molar-refractivity contribution < 1.29 is 9.59 Å². The molecule has 2 unspecified atom stereocenters. The first kappa shape index (κ1) is 22.4. The van der Waals surface area contributed by atoms with Gasteiger partial charge in [0, 0.05) is 20.6 Å². The quantitative estimate of drug-likeness (QED) is 0.448. The molecule has 0 aliphatic heterocycles. The van der Waals surface area contributed by atoms with E-state index in [9.17, 15) is 9.59 Å². The van der Waals surface area contributed by atoms with Gasteiger partial charge in [0.25, 0.3) is 5.91 Å². The Morgan fingerprint density at radius 3 is 2.63 bits per heavy atom. The van der Waals surface area contributed by atoms with Gasteiger partial charge in [-0.3, -0.25) is 14.9 Å². The molecule has 0 fully saturated rings. The molecule has 0 saturated heterocycles. The van der Waals surface area contributed by atoms with Gasteiger partial charge in [0.15, 0.2) is 0 Å². The molecule has 6 nitrogen and oxygen atoms in total. The number of rotatable bonds is 7. The minimum Gasteiger partial charge on any atom is -0.340 e. The predicted molar refractivity (Wildman–Crippen MR) is 124 cm³/mol. The summed E-state index contributed by atoms with van der Waals surface area (Å²) in [6.45, 7) is 3.89. The van der Waals surface area contributed by atoms with Crippen molar-refractivity contribution in [3.05, 3.63) is 63.6 Å². The molecule has 1 heterocycles. The maximum atomic E-state index is 12.9. The molecule has 1 aromatic heterocycles. The Morgan fingerprint density at radius 1 is 1.17 bits per heavy atom. The Balaban J connectivity index is 1.74. The first-order valence-corrected chi connectivity index (χ1v) is 11.3. The summed E-state index contributed by atoms with van der Waals surface area (Å²) in [5.74, 6) is -0.712. The number of hydrogen-bond donors (Lipinski definition) is 2. The zero-order valence-corrected chi connectivity index (χ0v) is 19.5. The molecular formula is C21H20BrClN4O2S. The van der Waals surface area contributed by atoms with Crippen LogP contribution in [0, 0.1) is 5.92 Å². The largest absolute Gasteiger partial charge is 0.340 e. The highest BCUT2D eigenvalue weighted by atomic mass is 79.9. The van der Waals surface area contributed by atoms with E-state index >= 15 is 0 Å². The normalized spacial score (nSPS) is 12.8. The Hall–Kier alpha value is -2.29. The average Bonchev–Trinajstić information content (AvgIpc) is 3.19. The fourth-order valence-corrected chi connectivity index (χ4v) is 4.08. The summed E-state index contributed by atoms with van der Waals surface area (Å²) in [5, 5.41) is 15.4. The highest BCUT2D eigenvalue weighted by molar-refractivity contribution is 9.10. The Kier molecular flexibility index (Phi) is 7.58. The average molecular weight is 508 g/mol. The molecule has 3 aromatic rings. The van der Waals surface area contributed by atoms with Crippen LogP contribution >= 0.6 is 38.9 Å². The summed E-state index contributed by atoms with van der Waals surface area (Å²) in [6, 6.07) is 13.6. The van der Waals surface area contributed by atoms with Gasteiger partial charge in [-0.15, -0.1) is 10.2 Å². The van der Waals surface area contributed by atoms with E-state index in [0.717, 1.165) is 16.5 Å². The van der Waals surface area contributed by atoms with Crippen LogP contribution < -0.4 is 10.6 Å². The van der Waals surface area contributed by atoms with E-state index in [1.165, 1.54) is 11.3 Å². The highest BCUT2D eigenvalue weighted by Crippen LogP contribution is 2.28. The lowest BCUT2D eigenvalue weighted by molar-refractivity contribution is -0.119. The van der Waals surface area contributed by atoms with Gasteiger partial charge >= 0.3 is 0 Å². The molecule has 0 aliphatic rings. The van der Waals surface area contributed by atoms with Crippen LogP contribution in [0.5, 0.6) is 0 Å². The molecule has 3 rings (SSSR count). The minimum atomic E-state index is -0.708. The zero-order chi connectivity index (χ0) is 21.7. The standard InChI is InChI=1S/C21H20BrClN4O2S/c1-3-12(2)17(24-18(28)13-6-4-8-15(22)10-13)19(29)25-21-27-26-20(30-21)14-7-5-9-16(23)11-14/h4-12,17H,3H2,1-2H3,(H,24,28)(H,25,27,29). The van der Waals surface area contributed by atoms with Gasteiger partial charge in [0.1, 0.15) is 11.0 Å². The molecule has 0 spiro atoms. The first-order chi connectivity index (χ1) is 14.4. The van der Waals surface area contributed by atoms with E-state index in [-0.39, 0.29) is 17.7 Å². The molecule has 2 amide bonds. The van der Waals surface area contributed by atoms with Crippen LogP contribution in [0.4, 0.5) is 5.13 Å². The second-order valence-corrected chi connectivity index (χ2v) is 9.09. The van der Waals surface area contributed by atoms with Gasteiger partial charge in [0.2, 0.25) is 11.0 Å². The molecule has 0 aliphatic carbocycles. The number of benzene rings is 2. The van der Waals surface area contributed by atoms with Crippen molar-refractivity contribution in [1.82, 2.24) is 15.5 Å². The number of nitrogens with zero attached hydrogens (tertiary/aromatic N) is 2. The van der Waals surface area contributed by atoms with Crippen LogP contribution in [0.15, 0.2) is 53.0 Å². The van der Waals surface area contributed by atoms with E-state index in [0.29, 0.717) is 20.7 Å². The van der Waals surface area contributed by atoms with Crippen LogP contribution in [-0.4, -0.2) is 28.1 Å². The van der Waals surface area contributed by atoms with Crippen molar-refractivity contribution in [1.29, 1.82) is 0 Å². The van der Waals surface area contributed by atoms with E-state index < -0.39 is 6.04 Å². The summed E-state index contributed by atoms with van der Waals surface area (Å²) in [7, 11) is 0. The number of aromatic nitrogens is 2. The third-order valence-corrected chi connectivity index (χ3v) is 6.21. The Labute approximate surface area is 192 Å². The van der Waals surface area contributed by atoms with Gasteiger partial charge < -0.3 is 5.32 Å².